The van der Waals surface area contributed by atoms with Crippen LogP contribution in [0.25, 0.3) is 16.9 Å². The summed E-state index contributed by atoms with van der Waals surface area (Å²) >= 11 is 12.4. The van der Waals surface area contributed by atoms with Crippen LogP contribution >= 0.6 is 23.2 Å². The summed E-state index contributed by atoms with van der Waals surface area (Å²) in [6.45, 7) is 0. The van der Waals surface area contributed by atoms with Gasteiger partial charge in [-0.2, -0.15) is 5.26 Å². The number of rotatable bonds is 1. The molecule has 118 valence electrons. The lowest BCUT2D eigenvalue weighted by atomic mass is 9.98. The topological polar surface area (TPSA) is 79.7 Å². The van der Waals surface area contributed by atoms with Crippen molar-refractivity contribution >= 4 is 46.0 Å². The summed E-state index contributed by atoms with van der Waals surface area (Å²) in [7, 11) is 0. The van der Waals surface area contributed by atoms with Crippen molar-refractivity contribution in [3.8, 4) is 6.07 Å². The molecule has 0 saturated heterocycles. The number of benzene rings is 2. The van der Waals surface area contributed by atoms with E-state index < -0.39 is 6.04 Å². The Labute approximate surface area is 147 Å². The van der Waals surface area contributed by atoms with Crippen LogP contribution in [-0.4, -0.2) is 9.55 Å². The van der Waals surface area contributed by atoms with Crippen molar-refractivity contribution in [2.24, 2.45) is 5.73 Å². The molecule has 1 aliphatic heterocycles. The Morgan fingerprint density at radius 1 is 1.17 bits per heavy atom. The van der Waals surface area contributed by atoms with Gasteiger partial charge < -0.3 is 11.1 Å². The van der Waals surface area contributed by atoms with Gasteiger partial charge in [-0.1, -0.05) is 47.5 Å². The highest BCUT2D eigenvalue weighted by atomic mass is 35.5. The third-order valence-electron chi connectivity index (χ3n) is 4.05. The standard InChI is InChI=1S/C17H11Cl2N5/c18-11-5-3-4-9(14(11)19)15-10(8-20)16(21)24-13-7-2-1-6-12(13)22-17(24)23-15/h1-7,15H,21H2,(H,22,23)/t15-/m1/s1. The molecule has 0 aliphatic carbocycles. The molecule has 0 saturated carbocycles. The van der Waals surface area contributed by atoms with Gasteiger partial charge in [0.25, 0.3) is 0 Å². The van der Waals surface area contributed by atoms with Crippen molar-refractivity contribution in [3.63, 3.8) is 0 Å². The van der Waals surface area contributed by atoms with Crippen molar-refractivity contribution in [2.75, 3.05) is 5.32 Å². The third kappa shape index (κ3) is 2.04. The van der Waals surface area contributed by atoms with Crippen LogP contribution in [0.4, 0.5) is 5.95 Å². The summed E-state index contributed by atoms with van der Waals surface area (Å²) in [5.74, 6) is 0.898. The highest BCUT2D eigenvalue weighted by Crippen LogP contribution is 2.40. The second-order valence-corrected chi connectivity index (χ2v) is 6.18. The number of anilines is 1. The second kappa shape index (κ2) is 5.45. The zero-order valence-corrected chi connectivity index (χ0v) is 13.8. The number of hydrogen-bond donors (Lipinski definition) is 2. The normalized spacial score (nSPS) is 16.6. The van der Waals surface area contributed by atoms with Gasteiger partial charge in [-0.25, -0.2) is 4.98 Å². The molecule has 0 radical (unpaired) electrons. The van der Waals surface area contributed by atoms with Gasteiger partial charge in [0.15, 0.2) is 0 Å². The molecule has 0 amide bonds. The molecule has 4 rings (SSSR count). The molecule has 2 aromatic carbocycles. The number of aromatic nitrogens is 2. The van der Waals surface area contributed by atoms with Gasteiger partial charge in [-0.3, -0.25) is 4.57 Å². The summed E-state index contributed by atoms with van der Waals surface area (Å²) in [5, 5.41) is 13.7. The average Bonchev–Trinajstić information content (AvgIpc) is 2.96. The minimum atomic E-state index is -0.509. The molecule has 0 unspecified atom stereocenters. The predicted molar refractivity (Wildman–Crippen MR) is 95.6 cm³/mol. The van der Waals surface area contributed by atoms with Crippen molar-refractivity contribution < 1.29 is 0 Å². The molecule has 0 spiro atoms. The van der Waals surface area contributed by atoms with Crippen LogP contribution in [0.5, 0.6) is 0 Å². The number of para-hydroxylation sites is 2. The monoisotopic (exact) mass is 355 g/mol. The molecular formula is C17H11Cl2N5. The Morgan fingerprint density at radius 3 is 2.75 bits per heavy atom. The van der Waals surface area contributed by atoms with Gasteiger partial charge in [0, 0.05) is 0 Å². The number of hydrogen-bond acceptors (Lipinski definition) is 4. The maximum absolute atomic E-state index is 9.65. The van der Waals surface area contributed by atoms with E-state index in [-0.39, 0.29) is 0 Å². The molecule has 2 heterocycles. The lowest BCUT2D eigenvalue weighted by Crippen LogP contribution is -2.26. The van der Waals surface area contributed by atoms with Gasteiger partial charge in [0.05, 0.1) is 32.7 Å². The molecule has 1 aliphatic rings. The van der Waals surface area contributed by atoms with Crippen molar-refractivity contribution in [2.45, 2.75) is 6.04 Å². The fourth-order valence-electron chi connectivity index (χ4n) is 2.93. The number of fused-ring (bicyclic) bond motifs is 3. The summed E-state index contributed by atoms with van der Waals surface area (Å²) in [4.78, 5) is 4.55. The fraction of sp³-hybridized carbons (Fsp3) is 0.0588. The third-order valence-corrected chi connectivity index (χ3v) is 4.89. The number of nitrogens with zero attached hydrogens (tertiary/aromatic N) is 3. The van der Waals surface area contributed by atoms with E-state index in [1.54, 1.807) is 16.7 Å². The van der Waals surface area contributed by atoms with Crippen molar-refractivity contribution in [3.05, 3.63) is 63.6 Å². The van der Waals surface area contributed by atoms with Crippen molar-refractivity contribution in [1.82, 2.24) is 9.55 Å². The maximum Gasteiger partial charge on any atom is 0.210 e. The number of imidazole rings is 1. The maximum atomic E-state index is 9.65. The molecule has 1 aromatic heterocycles. The number of nitrogens with two attached hydrogens (primary N) is 1. The Bertz CT molecular complexity index is 1040. The first-order chi connectivity index (χ1) is 11.6. The number of halogens is 2. The van der Waals surface area contributed by atoms with Crippen LogP contribution in [0.15, 0.2) is 48.0 Å². The van der Waals surface area contributed by atoms with E-state index in [9.17, 15) is 5.26 Å². The van der Waals surface area contributed by atoms with E-state index in [0.29, 0.717) is 33.0 Å². The lowest BCUT2D eigenvalue weighted by molar-refractivity contribution is 0.857. The summed E-state index contributed by atoms with van der Waals surface area (Å²) in [6.07, 6.45) is 0. The Kier molecular flexibility index (Phi) is 3.38. The highest BCUT2D eigenvalue weighted by molar-refractivity contribution is 6.42. The Morgan fingerprint density at radius 2 is 1.96 bits per heavy atom. The van der Waals surface area contributed by atoms with Crippen LogP contribution in [0.3, 0.4) is 0 Å². The van der Waals surface area contributed by atoms with Crippen LogP contribution < -0.4 is 11.1 Å². The second-order valence-electron chi connectivity index (χ2n) is 5.39. The van der Waals surface area contributed by atoms with E-state index >= 15 is 0 Å². The molecule has 1 atom stereocenters. The minimum Gasteiger partial charge on any atom is -0.384 e. The Hall–Kier alpha value is -2.68. The Balaban J connectivity index is 1.96. The van der Waals surface area contributed by atoms with Crippen LogP contribution in [-0.2, 0) is 0 Å². The molecule has 3 N–H and O–H groups in total. The number of nitriles is 1. The molecule has 7 heteroatoms. The van der Waals surface area contributed by atoms with E-state index in [1.165, 1.54) is 0 Å². The first-order valence-corrected chi connectivity index (χ1v) is 7.95. The molecular weight excluding hydrogens is 345 g/mol. The van der Waals surface area contributed by atoms with Gasteiger partial charge in [0.2, 0.25) is 5.95 Å². The summed E-state index contributed by atoms with van der Waals surface area (Å²) < 4.78 is 1.74. The lowest BCUT2D eigenvalue weighted by Gasteiger charge is -2.27. The van der Waals surface area contributed by atoms with E-state index in [4.69, 9.17) is 28.9 Å². The van der Waals surface area contributed by atoms with Crippen molar-refractivity contribution in [1.29, 1.82) is 5.26 Å². The van der Waals surface area contributed by atoms with Crippen LogP contribution in [0, 0.1) is 11.3 Å². The van der Waals surface area contributed by atoms with Gasteiger partial charge >= 0.3 is 0 Å². The minimum absolute atomic E-state index is 0.334. The predicted octanol–water partition coefficient (Wildman–Crippen LogP) is 4.16. The van der Waals surface area contributed by atoms with Gasteiger partial charge in [-0.15, -0.1) is 0 Å². The largest absolute Gasteiger partial charge is 0.384 e. The molecule has 0 bridgehead atoms. The van der Waals surface area contributed by atoms with Gasteiger partial charge in [-0.05, 0) is 23.8 Å². The first-order valence-electron chi connectivity index (χ1n) is 7.20. The fourth-order valence-corrected chi connectivity index (χ4v) is 3.35. The molecule has 0 fully saturated rings. The number of nitrogens with one attached hydrogen (secondary N) is 1. The van der Waals surface area contributed by atoms with Gasteiger partial charge in [0.1, 0.15) is 11.9 Å². The summed E-state index contributed by atoms with van der Waals surface area (Å²) in [6, 6.07) is 14.6. The van der Waals surface area contributed by atoms with Crippen LogP contribution in [0.1, 0.15) is 11.6 Å². The van der Waals surface area contributed by atoms with E-state index in [1.807, 2.05) is 30.3 Å². The highest BCUT2D eigenvalue weighted by Gasteiger charge is 2.31. The zero-order chi connectivity index (χ0) is 16.8. The molecule has 24 heavy (non-hydrogen) atoms. The average molecular weight is 356 g/mol. The smallest absolute Gasteiger partial charge is 0.210 e. The molecule has 5 nitrogen and oxygen atoms in total. The van der Waals surface area contributed by atoms with E-state index in [2.05, 4.69) is 16.4 Å². The quantitative estimate of drug-likeness (QED) is 0.686. The van der Waals surface area contributed by atoms with Crippen LogP contribution in [0.2, 0.25) is 10.0 Å². The summed E-state index contributed by atoms with van der Waals surface area (Å²) in [5.41, 5.74) is 8.97. The SMILES string of the molecule is N#CC1=C(N)n2c(nc3ccccc32)N[C@@H]1c1cccc(Cl)c1Cl. The van der Waals surface area contributed by atoms with E-state index in [0.717, 1.165) is 11.0 Å². The first kappa shape index (κ1) is 14.9. The molecule has 3 aromatic rings. The zero-order valence-electron chi connectivity index (χ0n) is 12.3.